The van der Waals surface area contributed by atoms with E-state index in [0.717, 1.165) is 31.5 Å². The Morgan fingerprint density at radius 1 is 1.20 bits per heavy atom. The summed E-state index contributed by atoms with van der Waals surface area (Å²) >= 11 is 11.8. The molecule has 1 aromatic rings. The summed E-state index contributed by atoms with van der Waals surface area (Å²) in [7, 11) is 0. The van der Waals surface area contributed by atoms with Gasteiger partial charge >= 0.3 is 0 Å². The van der Waals surface area contributed by atoms with Crippen molar-refractivity contribution in [2.24, 2.45) is 0 Å². The van der Waals surface area contributed by atoms with Gasteiger partial charge in [0.25, 0.3) is 0 Å². The summed E-state index contributed by atoms with van der Waals surface area (Å²) in [4.78, 5) is 11.5. The molecular formula is C14H21Cl3N2O. The second-order valence-corrected chi connectivity index (χ2v) is 5.12. The van der Waals surface area contributed by atoms with Gasteiger partial charge < -0.3 is 10.6 Å². The third kappa shape index (κ3) is 7.95. The number of benzene rings is 1. The van der Waals surface area contributed by atoms with E-state index in [0.29, 0.717) is 23.0 Å². The van der Waals surface area contributed by atoms with E-state index in [2.05, 4.69) is 10.6 Å². The highest BCUT2D eigenvalue weighted by Gasteiger charge is 2.03. The zero-order valence-corrected chi connectivity index (χ0v) is 13.9. The van der Waals surface area contributed by atoms with E-state index in [1.165, 1.54) is 0 Å². The molecule has 0 radical (unpaired) electrons. The van der Waals surface area contributed by atoms with Gasteiger partial charge in [0.1, 0.15) is 0 Å². The van der Waals surface area contributed by atoms with Crippen LogP contribution in [0.25, 0.3) is 0 Å². The van der Waals surface area contributed by atoms with Crippen LogP contribution in [0.4, 0.5) is 0 Å². The van der Waals surface area contributed by atoms with E-state index in [-0.39, 0.29) is 18.3 Å². The molecule has 0 heterocycles. The monoisotopic (exact) mass is 338 g/mol. The Morgan fingerprint density at radius 2 is 1.95 bits per heavy atom. The van der Waals surface area contributed by atoms with Crippen LogP contribution >= 0.6 is 35.6 Å². The van der Waals surface area contributed by atoms with Crippen LogP contribution < -0.4 is 10.6 Å². The maximum absolute atomic E-state index is 11.5. The molecule has 0 unspecified atom stereocenters. The van der Waals surface area contributed by atoms with E-state index in [1.54, 1.807) is 6.07 Å². The van der Waals surface area contributed by atoms with Crippen molar-refractivity contribution in [2.75, 3.05) is 19.6 Å². The van der Waals surface area contributed by atoms with Crippen molar-refractivity contribution in [3.63, 3.8) is 0 Å². The summed E-state index contributed by atoms with van der Waals surface area (Å²) in [5.41, 5.74) is 1.11. The first-order valence-corrected chi connectivity index (χ1v) is 7.30. The first-order chi connectivity index (χ1) is 9.13. The fourth-order valence-corrected chi connectivity index (χ4v) is 2.02. The number of likely N-dealkylation sites (N-methyl/N-ethyl adjacent to an activating group) is 1. The van der Waals surface area contributed by atoms with Gasteiger partial charge in [-0.1, -0.05) is 36.2 Å². The Morgan fingerprint density at radius 3 is 2.60 bits per heavy atom. The molecule has 3 nitrogen and oxygen atoms in total. The highest BCUT2D eigenvalue weighted by atomic mass is 35.5. The zero-order chi connectivity index (χ0) is 14.1. The topological polar surface area (TPSA) is 41.1 Å². The molecule has 0 atom stereocenters. The van der Waals surface area contributed by atoms with Gasteiger partial charge in [0.05, 0.1) is 10.0 Å². The molecule has 1 rings (SSSR count). The van der Waals surface area contributed by atoms with Crippen molar-refractivity contribution in [2.45, 2.75) is 26.2 Å². The molecule has 1 amide bonds. The van der Waals surface area contributed by atoms with Crippen molar-refractivity contribution >= 4 is 41.5 Å². The summed E-state index contributed by atoms with van der Waals surface area (Å²) in [5.74, 6) is 0.0953. The van der Waals surface area contributed by atoms with Crippen molar-refractivity contribution in [1.82, 2.24) is 10.6 Å². The highest BCUT2D eigenvalue weighted by Crippen LogP contribution is 2.23. The molecule has 6 heteroatoms. The van der Waals surface area contributed by atoms with Gasteiger partial charge in [-0.15, -0.1) is 12.4 Å². The Kier molecular flexibility index (Phi) is 10.9. The quantitative estimate of drug-likeness (QED) is 0.712. The first kappa shape index (κ1) is 19.5. The minimum Gasteiger partial charge on any atom is -0.355 e. The Balaban J connectivity index is 0.00000361. The summed E-state index contributed by atoms with van der Waals surface area (Å²) in [6, 6.07) is 5.58. The number of aryl methyl sites for hydroxylation is 1. The van der Waals surface area contributed by atoms with E-state index in [4.69, 9.17) is 23.2 Å². The minimum atomic E-state index is 0. The fraction of sp³-hybridized carbons (Fsp3) is 0.500. The van der Waals surface area contributed by atoms with E-state index >= 15 is 0 Å². The Hall–Kier alpha value is -0.480. The molecule has 0 aliphatic rings. The van der Waals surface area contributed by atoms with Crippen molar-refractivity contribution < 1.29 is 4.79 Å². The Labute approximate surface area is 136 Å². The van der Waals surface area contributed by atoms with Gasteiger partial charge in [0.15, 0.2) is 0 Å². The predicted molar refractivity (Wildman–Crippen MR) is 88.2 cm³/mol. The second-order valence-electron chi connectivity index (χ2n) is 4.31. The van der Waals surface area contributed by atoms with Crippen molar-refractivity contribution in [3.05, 3.63) is 33.8 Å². The van der Waals surface area contributed by atoms with Crippen LogP contribution in [0.1, 0.15) is 25.3 Å². The number of rotatable bonds is 8. The molecule has 0 saturated carbocycles. The van der Waals surface area contributed by atoms with Gasteiger partial charge in [-0.25, -0.2) is 0 Å². The molecule has 0 spiro atoms. The van der Waals surface area contributed by atoms with Gasteiger partial charge in [-0.3, -0.25) is 4.79 Å². The van der Waals surface area contributed by atoms with Crippen LogP contribution in [-0.4, -0.2) is 25.5 Å². The first-order valence-electron chi connectivity index (χ1n) is 6.54. The number of amides is 1. The molecule has 0 bridgehead atoms. The van der Waals surface area contributed by atoms with Crippen LogP contribution in [0.15, 0.2) is 18.2 Å². The molecular weight excluding hydrogens is 319 g/mol. The maximum Gasteiger partial charge on any atom is 0.220 e. The Bertz CT molecular complexity index is 413. The number of carbonyl (C=O) groups excluding carboxylic acids is 1. The van der Waals surface area contributed by atoms with Gasteiger partial charge in [0, 0.05) is 19.5 Å². The number of nitrogens with one attached hydrogen (secondary N) is 2. The summed E-state index contributed by atoms with van der Waals surface area (Å²) in [5, 5.41) is 7.16. The third-order valence-electron chi connectivity index (χ3n) is 2.73. The molecule has 1 aromatic carbocycles. The fourth-order valence-electron chi connectivity index (χ4n) is 1.70. The number of carbonyl (C=O) groups is 1. The molecule has 20 heavy (non-hydrogen) atoms. The van der Waals surface area contributed by atoms with E-state index in [9.17, 15) is 4.79 Å². The lowest BCUT2D eigenvalue weighted by Crippen LogP contribution is -2.31. The summed E-state index contributed by atoms with van der Waals surface area (Å²) in [6.45, 7) is 4.46. The molecule has 0 aliphatic heterocycles. The van der Waals surface area contributed by atoms with E-state index < -0.39 is 0 Å². The van der Waals surface area contributed by atoms with Crippen LogP contribution in [0.3, 0.4) is 0 Å². The highest BCUT2D eigenvalue weighted by molar-refractivity contribution is 6.42. The lowest BCUT2D eigenvalue weighted by atomic mass is 10.1. The van der Waals surface area contributed by atoms with Crippen molar-refractivity contribution in [3.8, 4) is 0 Å². The number of halogens is 3. The number of hydrogen-bond acceptors (Lipinski definition) is 2. The van der Waals surface area contributed by atoms with Crippen LogP contribution in [0, 0.1) is 0 Å². The molecule has 0 fully saturated rings. The number of hydrogen-bond donors (Lipinski definition) is 2. The molecule has 2 N–H and O–H groups in total. The average Bonchev–Trinajstić information content (AvgIpc) is 2.39. The molecule has 0 aliphatic carbocycles. The average molecular weight is 340 g/mol. The van der Waals surface area contributed by atoms with Crippen molar-refractivity contribution in [1.29, 1.82) is 0 Å². The van der Waals surface area contributed by atoms with Gasteiger partial charge in [-0.2, -0.15) is 0 Å². The molecule has 114 valence electrons. The second kappa shape index (κ2) is 11.2. The largest absolute Gasteiger partial charge is 0.355 e. The van der Waals surface area contributed by atoms with E-state index in [1.807, 2.05) is 19.1 Å². The smallest absolute Gasteiger partial charge is 0.220 e. The van der Waals surface area contributed by atoms with Gasteiger partial charge in [0.2, 0.25) is 5.91 Å². The molecule has 0 aromatic heterocycles. The normalized spacial score (nSPS) is 9.95. The maximum atomic E-state index is 11.5. The van der Waals surface area contributed by atoms with Crippen LogP contribution in [0.5, 0.6) is 0 Å². The van der Waals surface area contributed by atoms with Gasteiger partial charge in [-0.05, 0) is 37.1 Å². The predicted octanol–water partition coefficient (Wildman–Crippen LogP) is 3.46. The third-order valence-corrected chi connectivity index (χ3v) is 3.47. The zero-order valence-electron chi connectivity index (χ0n) is 11.5. The lowest BCUT2D eigenvalue weighted by molar-refractivity contribution is -0.121. The lowest BCUT2D eigenvalue weighted by Gasteiger charge is -2.06. The standard InChI is InChI=1S/C14H20Cl2N2O.ClH/c1-2-17-8-9-18-14(19)5-3-4-11-6-7-12(15)13(16)10-11;/h6-7,10,17H,2-5,8-9H2,1H3,(H,18,19);1H. The SMILES string of the molecule is CCNCCNC(=O)CCCc1ccc(Cl)c(Cl)c1.Cl. The summed E-state index contributed by atoms with van der Waals surface area (Å²) in [6.07, 6.45) is 2.18. The minimum absolute atomic E-state index is 0. The van der Waals surface area contributed by atoms with Crippen LogP contribution in [-0.2, 0) is 11.2 Å². The van der Waals surface area contributed by atoms with Crippen LogP contribution in [0.2, 0.25) is 10.0 Å². The summed E-state index contributed by atoms with van der Waals surface area (Å²) < 4.78 is 0. The molecule has 0 saturated heterocycles.